The van der Waals surface area contributed by atoms with Gasteiger partial charge in [0.05, 0.1) is 0 Å². The van der Waals surface area contributed by atoms with Crippen molar-refractivity contribution in [3.63, 3.8) is 0 Å². The molecule has 136 valence electrons. The van der Waals surface area contributed by atoms with Crippen molar-refractivity contribution >= 4 is 11.8 Å². The standard InChI is InChI=1S/C20H29N3O2/c21-18-9-8-17(15-18)20(25)23-12-4-11-22(13-14-23)19(24)10-7-16-5-2-1-3-6-16/h1-3,5-6,17-18H,4,7-15,21H2/t17-,18-/m1/s1. The third kappa shape index (κ3) is 4.82. The molecule has 1 aromatic rings. The molecule has 2 aliphatic rings. The molecule has 1 aromatic carbocycles. The van der Waals surface area contributed by atoms with Crippen LogP contribution in [0.25, 0.3) is 0 Å². The van der Waals surface area contributed by atoms with Crippen LogP contribution in [0.5, 0.6) is 0 Å². The molecular formula is C20H29N3O2. The van der Waals surface area contributed by atoms with Crippen molar-refractivity contribution in [3.8, 4) is 0 Å². The van der Waals surface area contributed by atoms with E-state index in [4.69, 9.17) is 5.73 Å². The average molecular weight is 343 g/mol. The van der Waals surface area contributed by atoms with Crippen LogP contribution < -0.4 is 5.73 Å². The van der Waals surface area contributed by atoms with Gasteiger partial charge >= 0.3 is 0 Å². The minimum atomic E-state index is 0.0929. The van der Waals surface area contributed by atoms with Crippen molar-refractivity contribution in [2.75, 3.05) is 26.2 Å². The van der Waals surface area contributed by atoms with Gasteiger partial charge in [0.2, 0.25) is 11.8 Å². The first-order valence-electron chi connectivity index (χ1n) is 9.49. The van der Waals surface area contributed by atoms with E-state index >= 15 is 0 Å². The van der Waals surface area contributed by atoms with Gasteiger partial charge in [0.25, 0.3) is 0 Å². The second kappa shape index (κ2) is 8.48. The van der Waals surface area contributed by atoms with Gasteiger partial charge < -0.3 is 15.5 Å². The van der Waals surface area contributed by atoms with Gasteiger partial charge in [0.15, 0.2) is 0 Å². The molecule has 1 heterocycles. The highest BCUT2D eigenvalue weighted by molar-refractivity contribution is 5.80. The fourth-order valence-corrected chi connectivity index (χ4v) is 3.94. The van der Waals surface area contributed by atoms with Gasteiger partial charge in [-0.1, -0.05) is 30.3 Å². The topological polar surface area (TPSA) is 66.6 Å². The van der Waals surface area contributed by atoms with Gasteiger partial charge in [-0.15, -0.1) is 0 Å². The van der Waals surface area contributed by atoms with Crippen LogP contribution >= 0.6 is 0 Å². The van der Waals surface area contributed by atoms with Gasteiger partial charge in [0.1, 0.15) is 0 Å². The molecule has 2 fully saturated rings. The highest BCUT2D eigenvalue weighted by Gasteiger charge is 2.32. The highest BCUT2D eigenvalue weighted by atomic mass is 16.2. The molecule has 0 radical (unpaired) electrons. The molecule has 1 saturated heterocycles. The number of carbonyl (C=O) groups excluding carboxylic acids is 2. The maximum atomic E-state index is 12.7. The summed E-state index contributed by atoms with van der Waals surface area (Å²) in [6, 6.07) is 10.3. The SMILES string of the molecule is N[C@@H]1CC[C@@H](C(=O)N2CCCN(C(=O)CCc3ccccc3)CC2)C1. The van der Waals surface area contributed by atoms with Crippen molar-refractivity contribution in [2.45, 2.75) is 44.6 Å². The Bertz CT molecular complexity index is 590. The number of nitrogens with two attached hydrogens (primary N) is 1. The number of rotatable bonds is 4. The van der Waals surface area contributed by atoms with E-state index in [9.17, 15) is 9.59 Å². The summed E-state index contributed by atoms with van der Waals surface area (Å²) in [5.41, 5.74) is 7.14. The lowest BCUT2D eigenvalue weighted by Crippen LogP contribution is -2.39. The zero-order valence-corrected chi connectivity index (χ0v) is 14.9. The Hall–Kier alpha value is -1.88. The van der Waals surface area contributed by atoms with Crippen LogP contribution in [0.1, 0.15) is 37.7 Å². The van der Waals surface area contributed by atoms with Crippen molar-refractivity contribution < 1.29 is 9.59 Å². The fourth-order valence-electron chi connectivity index (χ4n) is 3.94. The molecule has 3 rings (SSSR count). The van der Waals surface area contributed by atoms with E-state index in [2.05, 4.69) is 12.1 Å². The van der Waals surface area contributed by atoms with E-state index in [-0.39, 0.29) is 23.8 Å². The lowest BCUT2D eigenvalue weighted by Gasteiger charge is -2.24. The van der Waals surface area contributed by atoms with E-state index in [0.29, 0.717) is 19.5 Å². The number of aryl methyl sites for hydroxylation is 1. The average Bonchev–Trinajstić information content (AvgIpc) is 2.92. The molecular weight excluding hydrogens is 314 g/mol. The molecule has 0 aromatic heterocycles. The maximum absolute atomic E-state index is 12.7. The third-order valence-corrected chi connectivity index (χ3v) is 5.45. The van der Waals surface area contributed by atoms with E-state index in [1.807, 2.05) is 28.0 Å². The number of benzene rings is 1. The van der Waals surface area contributed by atoms with Crippen LogP contribution in [0, 0.1) is 5.92 Å². The normalized spacial score (nSPS) is 24.2. The van der Waals surface area contributed by atoms with E-state index in [0.717, 1.165) is 45.2 Å². The number of hydrogen-bond acceptors (Lipinski definition) is 3. The minimum Gasteiger partial charge on any atom is -0.341 e. The Morgan fingerprint density at radius 3 is 2.44 bits per heavy atom. The Morgan fingerprint density at radius 1 is 1.00 bits per heavy atom. The summed E-state index contributed by atoms with van der Waals surface area (Å²) < 4.78 is 0. The van der Waals surface area contributed by atoms with Crippen molar-refractivity contribution in [3.05, 3.63) is 35.9 Å². The predicted octanol–water partition coefficient (Wildman–Crippen LogP) is 1.81. The molecule has 1 aliphatic heterocycles. The quantitative estimate of drug-likeness (QED) is 0.907. The third-order valence-electron chi connectivity index (χ3n) is 5.45. The summed E-state index contributed by atoms with van der Waals surface area (Å²) in [6.07, 6.45) is 4.86. The van der Waals surface area contributed by atoms with Gasteiger partial charge in [0, 0.05) is 44.6 Å². The fraction of sp³-hybridized carbons (Fsp3) is 0.600. The second-order valence-electron chi connectivity index (χ2n) is 7.32. The van der Waals surface area contributed by atoms with E-state index < -0.39 is 0 Å². The molecule has 0 bridgehead atoms. The number of nitrogens with zero attached hydrogens (tertiary/aromatic N) is 2. The van der Waals surface area contributed by atoms with Gasteiger partial charge in [-0.05, 0) is 37.7 Å². The van der Waals surface area contributed by atoms with Crippen LogP contribution in [-0.2, 0) is 16.0 Å². The van der Waals surface area contributed by atoms with Gasteiger partial charge in [-0.25, -0.2) is 0 Å². The smallest absolute Gasteiger partial charge is 0.225 e. The summed E-state index contributed by atoms with van der Waals surface area (Å²) in [5, 5.41) is 0. The first kappa shape index (κ1) is 17.9. The molecule has 1 saturated carbocycles. The van der Waals surface area contributed by atoms with Crippen molar-refractivity contribution in [1.29, 1.82) is 0 Å². The summed E-state index contributed by atoms with van der Waals surface area (Å²) in [4.78, 5) is 29.0. The zero-order chi connectivity index (χ0) is 17.6. The van der Waals surface area contributed by atoms with Crippen LogP contribution in [0.2, 0.25) is 0 Å². The first-order chi connectivity index (χ1) is 12.1. The van der Waals surface area contributed by atoms with Crippen LogP contribution in [0.4, 0.5) is 0 Å². The summed E-state index contributed by atoms with van der Waals surface area (Å²) in [6.45, 7) is 2.81. The number of amides is 2. The Morgan fingerprint density at radius 2 is 1.72 bits per heavy atom. The lowest BCUT2D eigenvalue weighted by molar-refractivity contribution is -0.136. The van der Waals surface area contributed by atoms with Crippen LogP contribution in [-0.4, -0.2) is 53.8 Å². The first-order valence-corrected chi connectivity index (χ1v) is 9.49. The predicted molar refractivity (Wildman–Crippen MR) is 97.9 cm³/mol. The molecule has 2 atom stereocenters. The molecule has 5 nitrogen and oxygen atoms in total. The largest absolute Gasteiger partial charge is 0.341 e. The molecule has 2 N–H and O–H groups in total. The lowest BCUT2D eigenvalue weighted by atomic mass is 10.1. The van der Waals surface area contributed by atoms with Crippen LogP contribution in [0.15, 0.2) is 30.3 Å². The number of hydrogen-bond donors (Lipinski definition) is 1. The summed E-state index contributed by atoms with van der Waals surface area (Å²) in [5.74, 6) is 0.530. The Balaban J connectivity index is 1.47. The molecule has 25 heavy (non-hydrogen) atoms. The highest BCUT2D eigenvalue weighted by Crippen LogP contribution is 2.26. The Labute approximate surface area is 150 Å². The summed E-state index contributed by atoms with van der Waals surface area (Å²) >= 11 is 0. The maximum Gasteiger partial charge on any atom is 0.225 e. The van der Waals surface area contributed by atoms with Crippen LogP contribution in [0.3, 0.4) is 0 Å². The molecule has 1 aliphatic carbocycles. The van der Waals surface area contributed by atoms with Crippen molar-refractivity contribution in [2.24, 2.45) is 11.7 Å². The second-order valence-corrected chi connectivity index (χ2v) is 7.32. The number of carbonyl (C=O) groups is 2. The minimum absolute atomic E-state index is 0.0929. The van der Waals surface area contributed by atoms with E-state index in [1.54, 1.807) is 0 Å². The van der Waals surface area contributed by atoms with Crippen molar-refractivity contribution in [1.82, 2.24) is 9.80 Å². The molecule has 0 unspecified atom stereocenters. The summed E-state index contributed by atoms with van der Waals surface area (Å²) in [7, 11) is 0. The van der Waals surface area contributed by atoms with Gasteiger partial charge in [-0.2, -0.15) is 0 Å². The van der Waals surface area contributed by atoms with E-state index in [1.165, 1.54) is 5.56 Å². The zero-order valence-electron chi connectivity index (χ0n) is 14.9. The molecule has 0 spiro atoms. The molecule has 2 amide bonds. The molecule has 5 heteroatoms. The monoisotopic (exact) mass is 343 g/mol. The Kier molecular flexibility index (Phi) is 6.08. The van der Waals surface area contributed by atoms with Gasteiger partial charge in [-0.3, -0.25) is 9.59 Å².